The van der Waals surface area contributed by atoms with Crippen molar-refractivity contribution in [3.8, 4) is 0 Å². The average Bonchev–Trinajstić information content (AvgIpc) is 2.87. The van der Waals surface area contributed by atoms with E-state index in [0.717, 1.165) is 11.3 Å². The van der Waals surface area contributed by atoms with Crippen molar-refractivity contribution in [2.75, 3.05) is 6.54 Å². The highest BCUT2D eigenvalue weighted by Gasteiger charge is 2.06. The molecule has 0 aromatic carbocycles. The third kappa shape index (κ3) is 3.07. The second-order valence-electron chi connectivity index (χ2n) is 4.30. The van der Waals surface area contributed by atoms with Crippen molar-refractivity contribution in [1.29, 1.82) is 0 Å². The van der Waals surface area contributed by atoms with Gasteiger partial charge in [0.2, 0.25) is 0 Å². The lowest BCUT2D eigenvalue weighted by molar-refractivity contribution is 0.421. The normalized spacial score (nSPS) is 12.6. The highest BCUT2D eigenvalue weighted by molar-refractivity contribution is 5.03. The number of furan rings is 1. The van der Waals surface area contributed by atoms with E-state index >= 15 is 0 Å². The Morgan fingerprint density at radius 1 is 1.56 bits per heavy atom. The maximum absolute atomic E-state index is 11.5. The third-order valence-corrected chi connectivity index (χ3v) is 2.76. The molecule has 0 radical (unpaired) electrons. The lowest BCUT2D eigenvalue weighted by Crippen LogP contribution is -2.29. The van der Waals surface area contributed by atoms with Gasteiger partial charge in [-0.2, -0.15) is 0 Å². The van der Waals surface area contributed by atoms with Crippen LogP contribution in [-0.2, 0) is 6.54 Å². The summed E-state index contributed by atoms with van der Waals surface area (Å²) in [4.78, 5) is 15.3. The summed E-state index contributed by atoms with van der Waals surface area (Å²) < 4.78 is 6.91. The Kier molecular flexibility index (Phi) is 3.94. The van der Waals surface area contributed by atoms with Crippen LogP contribution in [0.25, 0.3) is 0 Å². The number of rotatable bonds is 5. The van der Waals surface area contributed by atoms with E-state index in [1.165, 1.54) is 0 Å². The summed E-state index contributed by atoms with van der Waals surface area (Å²) in [5, 5.41) is 3.30. The lowest BCUT2D eigenvalue weighted by atomic mass is 10.2. The fourth-order valence-corrected chi connectivity index (χ4v) is 1.77. The zero-order chi connectivity index (χ0) is 13.0. The molecule has 1 atom stereocenters. The molecule has 2 rings (SSSR count). The van der Waals surface area contributed by atoms with Crippen LogP contribution in [0.4, 0.5) is 0 Å². The molecule has 1 unspecified atom stereocenters. The van der Waals surface area contributed by atoms with Crippen LogP contribution in [0.3, 0.4) is 0 Å². The van der Waals surface area contributed by atoms with E-state index in [1.807, 2.05) is 32.2 Å². The zero-order valence-corrected chi connectivity index (χ0v) is 10.6. The molecule has 2 aromatic rings. The van der Waals surface area contributed by atoms with Crippen molar-refractivity contribution in [2.45, 2.75) is 26.4 Å². The first-order chi connectivity index (χ1) is 8.66. The van der Waals surface area contributed by atoms with E-state index in [-0.39, 0.29) is 11.7 Å². The van der Waals surface area contributed by atoms with Crippen LogP contribution in [-0.4, -0.2) is 16.1 Å². The van der Waals surface area contributed by atoms with E-state index in [4.69, 9.17) is 4.42 Å². The van der Waals surface area contributed by atoms with Crippen molar-refractivity contribution in [3.63, 3.8) is 0 Å². The number of aryl methyl sites for hydroxylation is 1. The Balaban J connectivity index is 1.89. The van der Waals surface area contributed by atoms with E-state index in [2.05, 4.69) is 10.3 Å². The molecule has 0 aliphatic carbocycles. The number of aromatic nitrogens is 2. The van der Waals surface area contributed by atoms with Gasteiger partial charge in [-0.05, 0) is 31.5 Å². The number of hydrogen-bond donors (Lipinski definition) is 1. The SMILES string of the molecule is Cc1cnc(=O)n(CCNC(C)c2ccco2)c1. The maximum atomic E-state index is 11.5. The van der Waals surface area contributed by atoms with Gasteiger partial charge < -0.3 is 9.73 Å². The van der Waals surface area contributed by atoms with E-state index < -0.39 is 0 Å². The van der Waals surface area contributed by atoms with Gasteiger partial charge >= 0.3 is 5.69 Å². The van der Waals surface area contributed by atoms with Gasteiger partial charge in [-0.15, -0.1) is 0 Å². The summed E-state index contributed by atoms with van der Waals surface area (Å²) in [7, 11) is 0. The fourth-order valence-electron chi connectivity index (χ4n) is 1.77. The highest BCUT2D eigenvalue weighted by atomic mass is 16.3. The predicted molar refractivity (Wildman–Crippen MR) is 68.4 cm³/mol. The van der Waals surface area contributed by atoms with Crippen LogP contribution in [0.2, 0.25) is 0 Å². The molecular formula is C13H17N3O2. The van der Waals surface area contributed by atoms with Gasteiger partial charge in [0.15, 0.2) is 0 Å². The topological polar surface area (TPSA) is 60.1 Å². The van der Waals surface area contributed by atoms with Crippen molar-refractivity contribution < 1.29 is 4.42 Å². The summed E-state index contributed by atoms with van der Waals surface area (Å²) in [5.41, 5.74) is 0.765. The van der Waals surface area contributed by atoms with Gasteiger partial charge in [0.05, 0.1) is 12.3 Å². The second kappa shape index (κ2) is 5.64. The molecule has 0 amide bonds. The summed E-state index contributed by atoms with van der Waals surface area (Å²) in [6.07, 6.45) is 5.05. The van der Waals surface area contributed by atoms with Gasteiger partial charge in [-0.1, -0.05) is 0 Å². The largest absolute Gasteiger partial charge is 0.468 e. The summed E-state index contributed by atoms with van der Waals surface area (Å²) in [6.45, 7) is 5.23. The van der Waals surface area contributed by atoms with Crippen LogP contribution in [0.1, 0.15) is 24.3 Å². The number of nitrogens with one attached hydrogen (secondary N) is 1. The third-order valence-electron chi connectivity index (χ3n) is 2.76. The molecule has 5 heteroatoms. The monoisotopic (exact) mass is 247 g/mol. The zero-order valence-electron chi connectivity index (χ0n) is 10.6. The molecular weight excluding hydrogens is 230 g/mol. The molecule has 0 aliphatic rings. The minimum Gasteiger partial charge on any atom is -0.468 e. The van der Waals surface area contributed by atoms with Crippen LogP contribution < -0.4 is 11.0 Å². The first kappa shape index (κ1) is 12.6. The highest BCUT2D eigenvalue weighted by Crippen LogP contribution is 2.11. The standard InChI is InChI=1S/C13H17N3O2/c1-10-8-15-13(17)16(9-10)6-5-14-11(2)12-4-3-7-18-12/h3-4,7-9,11,14H,5-6H2,1-2H3. The average molecular weight is 247 g/mol. The van der Waals surface area contributed by atoms with Crippen LogP contribution >= 0.6 is 0 Å². The second-order valence-corrected chi connectivity index (χ2v) is 4.30. The molecule has 1 N–H and O–H groups in total. The van der Waals surface area contributed by atoms with Crippen molar-refractivity contribution in [2.24, 2.45) is 0 Å². The van der Waals surface area contributed by atoms with Crippen molar-refractivity contribution in [3.05, 3.63) is 52.6 Å². The first-order valence-electron chi connectivity index (χ1n) is 5.96. The Morgan fingerprint density at radius 2 is 2.39 bits per heavy atom. The molecule has 5 nitrogen and oxygen atoms in total. The number of hydrogen-bond acceptors (Lipinski definition) is 4. The van der Waals surface area contributed by atoms with Crippen LogP contribution in [0.5, 0.6) is 0 Å². The van der Waals surface area contributed by atoms with Gasteiger partial charge in [-0.3, -0.25) is 4.57 Å². The molecule has 0 saturated carbocycles. The van der Waals surface area contributed by atoms with Gasteiger partial charge in [0.1, 0.15) is 5.76 Å². The molecule has 96 valence electrons. The van der Waals surface area contributed by atoms with Crippen molar-refractivity contribution >= 4 is 0 Å². The lowest BCUT2D eigenvalue weighted by Gasteiger charge is -2.12. The van der Waals surface area contributed by atoms with E-state index in [9.17, 15) is 4.79 Å². The van der Waals surface area contributed by atoms with E-state index in [1.54, 1.807) is 17.0 Å². The first-order valence-corrected chi connectivity index (χ1v) is 5.96. The molecule has 2 aromatic heterocycles. The fraction of sp³-hybridized carbons (Fsp3) is 0.385. The van der Waals surface area contributed by atoms with Crippen molar-refractivity contribution in [1.82, 2.24) is 14.9 Å². The smallest absolute Gasteiger partial charge is 0.347 e. The van der Waals surface area contributed by atoms with Gasteiger partial charge in [-0.25, -0.2) is 9.78 Å². The van der Waals surface area contributed by atoms with E-state index in [0.29, 0.717) is 13.1 Å². The molecule has 2 heterocycles. The number of nitrogens with zero attached hydrogens (tertiary/aromatic N) is 2. The molecule has 0 spiro atoms. The summed E-state index contributed by atoms with van der Waals surface area (Å²) in [6, 6.07) is 3.93. The molecule has 0 saturated heterocycles. The van der Waals surface area contributed by atoms with Gasteiger partial charge in [0, 0.05) is 25.5 Å². The predicted octanol–water partition coefficient (Wildman–Crippen LogP) is 1.50. The summed E-state index contributed by atoms with van der Waals surface area (Å²) >= 11 is 0. The Labute approximate surface area is 105 Å². The van der Waals surface area contributed by atoms with Crippen LogP contribution in [0.15, 0.2) is 40.0 Å². The summed E-state index contributed by atoms with van der Waals surface area (Å²) in [5.74, 6) is 0.893. The molecule has 18 heavy (non-hydrogen) atoms. The molecule has 0 bridgehead atoms. The molecule has 0 aliphatic heterocycles. The van der Waals surface area contributed by atoms with Crippen LogP contribution in [0, 0.1) is 6.92 Å². The Hall–Kier alpha value is -1.88. The minimum absolute atomic E-state index is 0.133. The molecule has 0 fully saturated rings. The Bertz CT molecular complexity index is 546. The quantitative estimate of drug-likeness (QED) is 0.869. The van der Waals surface area contributed by atoms with Gasteiger partial charge in [0.25, 0.3) is 0 Å². The maximum Gasteiger partial charge on any atom is 0.347 e. The minimum atomic E-state index is -0.215. The Morgan fingerprint density at radius 3 is 3.11 bits per heavy atom.